The highest BCUT2D eigenvalue weighted by Gasteiger charge is 2.33. The van der Waals surface area contributed by atoms with Crippen LogP contribution in [0.15, 0.2) is 66.7 Å². The predicted molar refractivity (Wildman–Crippen MR) is 104 cm³/mol. The van der Waals surface area contributed by atoms with E-state index in [9.17, 15) is 9.90 Å². The number of aliphatic carboxylic acids is 1. The topological polar surface area (TPSA) is 58.6 Å². The van der Waals surface area contributed by atoms with Crippen molar-refractivity contribution >= 4 is 28.5 Å². The maximum Gasteiger partial charge on any atom is 0.318 e. The lowest BCUT2D eigenvalue weighted by molar-refractivity contribution is -0.136. The fraction of sp³-hybridized carbons (Fsp3) is 0.190. The Balaban J connectivity index is 1.69. The molecule has 0 radical (unpaired) electrons. The lowest BCUT2D eigenvalue weighted by Crippen LogP contribution is -2.21. The number of hydrogen-bond acceptors (Lipinski definition) is 4. The minimum absolute atomic E-state index is 0.104. The Labute approximate surface area is 156 Å². The number of thioether (sulfide) groups is 1. The number of rotatable bonds is 5. The third kappa shape index (κ3) is 3.41. The molecule has 132 valence electrons. The Hall–Kier alpha value is -2.50. The van der Waals surface area contributed by atoms with E-state index in [0.717, 1.165) is 27.6 Å². The summed E-state index contributed by atoms with van der Waals surface area (Å²) in [6, 6.07) is 22.2. The predicted octanol–water partition coefficient (Wildman–Crippen LogP) is 4.21. The van der Waals surface area contributed by atoms with Gasteiger partial charge >= 0.3 is 5.97 Å². The highest BCUT2D eigenvalue weighted by Crippen LogP contribution is 2.43. The van der Waals surface area contributed by atoms with Gasteiger partial charge < -0.3 is 9.84 Å². The molecule has 1 aliphatic rings. The Morgan fingerprint density at radius 2 is 1.85 bits per heavy atom. The largest absolute Gasteiger partial charge is 0.489 e. The molecular weight excluding hydrogens is 346 g/mol. The molecule has 0 aromatic heterocycles. The van der Waals surface area contributed by atoms with Crippen LogP contribution in [0.5, 0.6) is 5.75 Å². The molecule has 1 saturated heterocycles. The van der Waals surface area contributed by atoms with Gasteiger partial charge in [-0.2, -0.15) is 0 Å². The third-order valence-corrected chi connectivity index (χ3v) is 5.87. The summed E-state index contributed by atoms with van der Waals surface area (Å²) in [5.41, 5.74) is 2.12. The van der Waals surface area contributed by atoms with E-state index in [1.807, 2.05) is 54.6 Å². The van der Waals surface area contributed by atoms with Crippen LogP contribution < -0.4 is 10.1 Å². The van der Waals surface area contributed by atoms with Crippen molar-refractivity contribution < 1.29 is 14.6 Å². The molecule has 0 unspecified atom stereocenters. The van der Waals surface area contributed by atoms with Gasteiger partial charge in [0.25, 0.3) is 0 Å². The maximum atomic E-state index is 11.3. The van der Waals surface area contributed by atoms with Gasteiger partial charge in [0.1, 0.15) is 17.6 Å². The monoisotopic (exact) mass is 365 g/mol. The molecule has 1 fully saturated rings. The molecule has 0 bridgehead atoms. The smallest absolute Gasteiger partial charge is 0.318 e. The zero-order chi connectivity index (χ0) is 17.9. The molecule has 5 heteroatoms. The van der Waals surface area contributed by atoms with Crippen LogP contribution in [0.1, 0.15) is 16.5 Å². The van der Waals surface area contributed by atoms with E-state index in [1.165, 1.54) is 11.8 Å². The van der Waals surface area contributed by atoms with Crippen LogP contribution in [0, 0.1) is 0 Å². The molecule has 0 amide bonds. The number of nitrogens with one attached hydrogen (secondary N) is 1. The van der Waals surface area contributed by atoms with Crippen molar-refractivity contribution in [2.75, 3.05) is 6.54 Å². The van der Waals surface area contributed by atoms with Crippen LogP contribution in [0.4, 0.5) is 0 Å². The van der Waals surface area contributed by atoms with Gasteiger partial charge in [-0.05, 0) is 22.4 Å². The zero-order valence-electron chi connectivity index (χ0n) is 14.1. The second-order valence-electron chi connectivity index (χ2n) is 6.22. The average Bonchev–Trinajstić information content (AvgIpc) is 3.17. The van der Waals surface area contributed by atoms with Gasteiger partial charge in [0.2, 0.25) is 0 Å². The first-order chi connectivity index (χ1) is 12.7. The van der Waals surface area contributed by atoms with Crippen molar-refractivity contribution in [1.29, 1.82) is 0 Å². The fourth-order valence-electron chi connectivity index (χ4n) is 3.20. The minimum atomic E-state index is -0.781. The highest BCUT2D eigenvalue weighted by molar-refractivity contribution is 8.01. The molecule has 26 heavy (non-hydrogen) atoms. The Morgan fingerprint density at radius 1 is 1.08 bits per heavy atom. The molecule has 2 atom stereocenters. The number of hydrogen-bond donors (Lipinski definition) is 2. The summed E-state index contributed by atoms with van der Waals surface area (Å²) in [6.07, 6.45) is 0. The van der Waals surface area contributed by atoms with Crippen LogP contribution >= 0.6 is 11.8 Å². The van der Waals surface area contributed by atoms with Crippen molar-refractivity contribution in [3.8, 4) is 5.75 Å². The van der Waals surface area contributed by atoms with Crippen LogP contribution in [0.25, 0.3) is 10.8 Å². The number of carboxylic acids is 1. The SMILES string of the molecule is O=C(O)[C@H]1CN[C@H](c2c(OCc3ccccc3)ccc3ccccc23)S1. The van der Waals surface area contributed by atoms with Crippen LogP contribution in [0.2, 0.25) is 0 Å². The van der Waals surface area contributed by atoms with Crippen molar-refractivity contribution in [2.24, 2.45) is 0 Å². The van der Waals surface area contributed by atoms with E-state index in [-0.39, 0.29) is 5.37 Å². The molecule has 0 aliphatic carbocycles. The summed E-state index contributed by atoms with van der Waals surface area (Å²) in [7, 11) is 0. The third-order valence-electron chi connectivity index (χ3n) is 4.49. The van der Waals surface area contributed by atoms with Gasteiger partial charge in [-0.1, -0.05) is 60.7 Å². The quantitative estimate of drug-likeness (QED) is 0.709. The minimum Gasteiger partial charge on any atom is -0.489 e. The van der Waals surface area contributed by atoms with Gasteiger partial charge in [-0.3, -0.25) is 10.1 Å². The number of benzene rings is 3. The first-order valence-corrected chi connectivity index (χ1v) is 9.46. The molecule has 0 spiro atoms. The van der Waals surface area contributed by atoms with Crippen molar-refractivity contribution in [3.63, 3.8) is 0 Å². The number of carboxylic acid groups (broad SMARTS) is 1. The molecule has 4 rings (SSSR count). The maximum absolute atomic E-state index is 11.3. The van der Waals surface area contributed by atoms with Gasteiger partial charge in [-0.15, -0.1) is 11.8 Å². The average molecular weight is 365 g/mol. The summed E-state index contributed by atoms with van der Waals surface area (Å²) in [5, 5.41) is 14.3. The Bertz CT molecular complexity index is 929. The molecule has 0 saturated carbocycles. The molecular formula is C21H19NO3S. The second kappa shape index (κ2) is 7.40. The highest BCUT2D eigenvalue weighted by atomic mass is 32.2. The lowest BCUT2D eigenvalue weighted by atomic mass is 10.0. The van der Waals surface area contributed by atoms with Gasteiger partial charge in [-0.25, -0.2) is 0 Å². The lowest BCUT2D eigenvalue weighted by Gasteiger charge is -2.19. The summed E-state index contributed by atoms with van der Waals surface area (Å²) >= 11 is 1.43. The summed E-state index contributed by atoms with van der Waals surface area (Å²) < 4.78 is 6.14. The summed E-state index contributed by atoms with van der Waals surface area (Å²) in [4.78, 5) is 11.3. The number of carbonyl (C=O) groups is 1. The van der Waals surface area contributed by atoms with E-state index in [4.69, 9.17) is 4.74 Å². The van der Waals surface area contributed by atoms with Gasteiger partial charge in [0.15, 0.2) is 0 Å². The number of ether oxygens (including phenoxy) is 1. The molecule has 1 heterocycles. The Morgan fingerprint density at radius 3 is 2.62 bits per heavy atom. The van der Waals surface area contributed by atoms with E-state index in [0.29, 0.717) is 13.2 Å². The standard InChI is InChI=1S/C21H19NO3S/c23-21(24)18-12-22-20(26-18)19-16-9-5-4-8-15(16)10-11-17(19)25-13-14-6-2-1-3-7-14/h1-11,18,20,22H,12-13H2,(H,23,24)/t18-,20+/m1/s1. The van der Waals surface area contributed by atoms with Gasteiger partial charge in [0, 0.05) is 12.1 Å². The van der Waals surface area contributed by atoms with Crippen molar-refractivity contribution in [1.82, 2.24) is 5.32 Å². The van der Waals surface area contributed by atoms with E-state index in [1.54, 1.807) is 0 Å². The molecule has 1 aliphatic heterocycles. The van der Waals surface area contributed by atoms with E-state index >= 15 is 0 Å². The van der Waals surface area contributed by atoms with Crippen LogP contribution in [-0.4, -0.2) is 22.9 Å². The zero-order valence-corrected chi connectivity index (χ0v) is 14.9. The first kappa shape index (κ1) is 16.9. The number of fused-ring (bicyclic) bond motifs is 1. The first-order valence-electron chi connectivity index (χ1n) is 8.52. The van der Waals surface area contributed by atoms with Crippen molar-refractivity contribution in [3.05, 3.63) is 77.9 Å². The summed E-state index contributed by atoms with van der Waals surface area (Å²) in [5.74, 6) is 0.0144. The van der Waals surface area contributed by atoms with Crippen LogP contribution in [0.3, 0.4) is 0 Å². The Kier molecular flexibility index (Phi) is 4.82. The van der Waals surface area contributed by atoms with E-state index < -0.39 is 11.2 Å². The normalized spacial score (nSPS) is 19.5. The molecule has 2 N–H and O–H groups in total. The van der Waals surface area contributed by atoms with E-state index in [2.05, 4.69) is 17.4 Å². The molecule has 3 aromatic rings. The van der Waals surface area contributed by atoms with Gasteiger partial charge in [0.05, 0.1) is 5.37 Å². The van der Waals surface area contributed by atoms with Crippen molar-refractivity contribution in [2.45, 2.75) is 17.2 Å². The second-order valence-corrected chi connectivity index (χ2v) is 7.54. The van der Waals surface area contributed by atoms with Crippen LogP contribution in [-0.2, 0) is 11.4 Å². The molecule has 4 nitrogen and oxygen atoms in total. The fourth-order valence-corrected chi connectivity index (χ4v) is 4.41. The summed E-state index contributed by atoms with van der Waals surface area (Å²) in [6.45, 7) is 0.929. The molecule has 3 aromatic carbocycles.